The van der Waals surface area contributed by atoms with Crippen molar-refractivity contribution in [1.82, 2.24) is 25.1 Å². The van der Waals surface area contributed by atoms with E-state index in [1.54, 1.807) is 24.3 Å². The van der Waals surface area contributed by atoms with Gasteiger partial charge in [0.05, 0.1) is 5.71 Å². The average molecular weight is 788 g/mol. The molecule has 0 saturated carbocycles. The Labute approximate surface area is 336 Å². The minimum absolute atomic E-state index is 0.0395. The van der Waals surface area contributed by atoms with Gasteiger partial charge in [-0.15, -0.1) is 0 Å². The van der Waals surface area contributed by atoms with Gasteiger partial charge in [0.25, 0.3) is 5.91 Å². The second-order valence-corrected chi connectivity index (χ2v) is 16.3. The van der Waals surface area contributed by atoms with Crippen molar-refractivity contribution in [2.45, 2.75) is 90.3 Å². The topological polar surface area (TPSA) is 186 Å². The second-order valence-electron chi connectivity index (χ2n) is 16.3. The second kappa shape index (κ2) is 16.0. The molecule has 5 N–H and O–H groups in total. The molecular formula is C44H49N7O7. The predicted molar refractivity (Wildman–Crippen MR) is 217 cm³/mol. The summed E-state index contributed by atoms with van der Waals surface area (Å²) in [6.45, 7) is 6.22. The first-order valence-corrected chi connectivity index (χ1v) is 20.3. The largest absolute Gasteiger partial charge is 0.508 e. The number of aromatic nitrogens is 1. The summed E-state index contributed by atoms with van der Waals surface area (Å²) in [7, 11) is 0. The van der Waals surface area contributed by atoms with E-state index in [-0.39, 0.29) is 66.5 Å². The number of urea groups is 1. The van der Waals surface area contributed by atoms with E-state index >= 15 is 0 Å². The first-order chi connectivity index (χ1) is 27.9. The molecule has 4 aliphatic heterocycles. The monoisotopic (exact) mass is 787 g/mol. The van der Waals surface area contributed by atoms with Crippen molar-refractivity contribution in [2.75, 3.05) is 18.4 Å². The number of carbonyl (C=O) groups excluding carboxylic acids is 5. The van der Waals surface area contributed by atoms with Crippen LogP contribution in [0.15, 0.2) is 65.9 Å². The number of phenols is 2. The summed E-state index contributed by atoms with van der Waals surface area (Å²) in [6, 6.07) is 15.8. The first-order valence-electron chi connectivity index (χ1n) is 20.3. The summed E-state index contributed by atoms with van der Waals surface area (Å²) in [5.41, 5.74) is 8.42. The number of aryl methyl sites for hydroxylation is 1. The van der Waals surface area contributed by atoms with Crippen molar-refractivity contribution >= 4 is 52.0 Å². The van der Waals surface area contributed by atoms with Crippen LogP contribution in [0.3, 0.4) is 0 Å². The van der Waals surface area contributed by atoms with Crippen molar-refractivity contribution in [2.24, 2.45) is 16.9 Å². The summed E-state index contributed by atoms with van der Waals surface area (Å²) in [6.07, 6.45) is 6.94. The van der Waals surface area contributed by atoms with Gasteiger partial charge in [-0.05, 0) is 110 Å². The zero-order valence-corrected chi connectivity index (χ0v) is 32.8. The van der Waals surface area contributed by atoms with Crippen LogP contribution in [0.25, 0.3) is 10.9 Å². The molecule has 2 atom stereocenters. The Balaban J connectivity index is 0.822. The number of hydrogen-bond acceptors (Lipinski definition) is 8. The fraction of sp³-hybridized carbons (Fsp3) is 0.409. The number of imide groups is 1. The fourth-order valence-electron chi connectivity index (χ4n) is 8.89. The highest BCUT2D eigenvalue weighted by Crippen LogP contribution is 2.35. The molecule has 2 unspecified atom stereocenters. The lowest BCUT2D eigenvalue weighted by atomic mass is 9.90. The lowest BCUT2D eigenvalue weighted by molar-refractivity contribution is -0.137. The van der Waals surface area contributed by atoms with Crippen LogP contribution in [0, 0.1) is 11.8 Å². The van der Waals surface area contributed by atoms with Crippen LogP contribution in [0.1, 0.15) is 97.3 Å². The minimum atomic E-state index is -0.718. The van der Waals surface area contributed by atoms with Crippen molar-refractivity contribution in [3.8, 4) is 11.5 Å². The van der Waals surface area contributed by atoms with Crippen molar-refractivity contribution < 1.29 is 34.2 Å². The Morgan fingerprint density at radius 2 is 1.72 bits per heavy atom. The van der Waals surface area contributed by atoms with E-state index in [9.17, 15) is 34.2 Å². The number of nitrogens with zero attached hydrogens (tertiary/aromatic N) is 4. The van der Waals surface area contributed by atoms with Crippen LogP contribution in [0.2, 0.25) is 0 Å². The molecule has 14 nitrogen and oxygen atoms in total. The third-order valence-corrected chi connectivity index (χ3v) is 12.3. The van der Waals surface area contributed by atoms with Crippen LogP contribution in [0.5, 0.6) is 11.5 Å². The Kier molecular flexibility index (Phi) is 10.7. The molecule has 302 valence electrons. The molecule has 14 heteroatoms. The lowest BCUT2D eigenvalue weighted by Gasteiger charge is -2.32. The number of phenolic OH excluding ortho intramolecular Hbond substituents is 2. The van der Waals surface area contributed by atoms with Gasteiger partial charge in [-0.2, -0.15) is 5.10 Å². The number of hydrazone groups is 1. The highest BCUT2D eigenvalue weighted by atomic mass is 16.3. The molecule has 2 saturated heterocycles. The quantitative estimate of drug-likeness (QED) is 0.134. The minimum Gasteiger partial charge on any atom is -0.508 e. The standard InChI is InChI=1S/C44H49N7O7/c1-25(2)31-22-32(39(53)23-38(31)52)35-8-7-29(41(55)48-47-35)21-27-6-9-36-28(20-27)15-19-49(36)16-12-26-13-17-50(18-14-26)44(58)45-34-5-3-4-30-33(34)24-51(43(30)57)37-10-11-40(54)46-42(37)56/h3-6,9,15,19-20,22-23,25-26,29,37,52-53H,7-8,10-14,16-18,21,24H2,1-2H3,(H,45,58)(H,48,55)(H,46,54,56). The number of aromatic hydroxyl groups is 2. The maximum atomic E-state index is 13.4. The molecule has 5 heterocycles. The molecule has 2 fully saturated rings. The smallest absolute Gasteiger partial charge is 0.321 e. The molecule has 4 aliphatic rings. The number of rotatable bonds is 9. The number of likely N-dealkylation sites (tertiary alicyclic amines) is 1. The summed E-state index contributed by atoms with van der Waals surface area (Å²) >= 11 is 0. The zero-order valence-electron chi connectivity index (χ0n) is 32.8. The van der Waals surface area contributed by atoms with E-state index in [1.165, 1.54) is 11.0 Å². The van der Waals surface area contributed by atoms with Crippen LogP contribution in [0.4, 0.5) is 10.5 Å². The van der Waals surface area contributed by atoms with Gasteiger partial charge in [0.2, 0.25) is 17.7 Å². The number of amides is 6. The maximum absolute atomic E-state index is 13.4. The van der Waals surface area contributed by atoms with E-state index in [2.05, 4.69) is 56.2 Å². The highest BCUT2D eigenvalue weighted by Gasteiger charge is 2.40. The van der Waals surface area contributed by atoms with E-state index in [0.29, 0.717) is 71.9 Å². The summed E-state index contributed by atoms with van der Waals surface area (Å²) < 4.78 is 2.27. The normalized spacial score (nSPS) is 20.2. The number of benzene rings is 3. The highest BCUT2D eigenvalue weighted by molar-refractivity contribution is 6.07. The number of anilines is 1. The van der Waals surface area contributed by atoms with Gasteiger partial charge < -0.3 is 29.9 Å². The number of hydrogen-bond donors (Lipinski definition) is 5. The number of fused-ring (bicyclic) bond motifs is 2. The Morgan fingerprint density at radius 1 is 0.914 bits per heavy atom. The van der Waals surface area contributed by atoms with Crippen molar-refractivity contribution in [1.29, 1.82) is 0 Å². The molecule has 1 aromatic heterocycles. The SMILES string of the molecule is CC(C)c1cc(C2=NNC(=O)C(Cc3ccc4c(ccn4CCC4CCN(C(=O)Nc5cccc6c5CN(C5CCC(=O)NC5=O)C6=O)CC4)c3)CC2)c(O)cc1O. The molecule has 0 bridgehead atoms. The average Bonchev–Trinajstić information content (AvgIpc) is 3.71. The number of piperidine rings is 2. The molecule has 0 radical (unpaired) electrons. The van der Waals surface area contributed by atoms with E-state index in [4.69, 9.17) is 0 Å². The van der Waals surface area contributed by atoms with Gasteiger partial charge in [0, 0.05) is 78.7 Å². The summed E-state index contributed by atoms with van der Waals surface area (Å²) in [5.74, 6) is -1.03. The van der Waals surface area contributed by atoms with E-state index < -0.39 is 11.9 Å². The Bertz CT molecular complexity index is 2340. The molecule has 3 aromatic carbocycles. The molecular weight excluding hydrogens is 739 g/mol. The summed E-state index contributed by atoms with van der Waals surface area (Å²) in [4.78, 5) is 67.2. The van der Waals surface area contributed by atoms with E-state index in [1.807, 2.05) is 18.7 Å². The lowest BCUT2D eigenvalue weighted by Crippen LogP contribution is -2.52. The van der Waals surface area contributed by atoms with E-state index in [0.717, 1.165) is 42.3 Å². The molecule has 0 aliphatic carbocycles. The third-order valence-electron chi connectivity index (χ3n) is 12.3. The molecule has 6 amide bonds. The van der Waals surface area contributed by atoms with Gasteiger partial charge >= 0.3 is 6.03 Å². The van der Waals surface area contributed by atoms with Crippen molar-refractivity contribution in [3.63, 3.8) is 0 Å². The molecule has 58 heavy (non-hydrogen) atoms. The Hall–Kier alpha value is -6.18. The molecule has 8 rings (SSSR count). The van der Waals surface area contributed by atoms with Gasteiger partial charge in [-0.1, -0.05) is 26.0 Å². The third kappa shape index (κ3) is 7.74. The predicted octanol–water partition coefficient (Wildman–Crippen LogP) is 5.74. The van der Waals surface area contributed by atoms with Crippen LogP contribution < -0.4 is 16.1 Å². The van der Waals surface area contributed by atoms with Crippen molar-refractivity contribution in [3.05, 3.63) is 88.6 Å². The molecule has 4 aromatic rings. The number of nitrogens with one attached hydrogen (secondary N) is 3. The van der Waals surface area contributed by atoms with Gasteiger partial charge in [-0.25, -0.2) is 10.2 Å². The maximum Gasteiger partial charge on any atom is 0.321 e. The fourth-order valence-corrected chi connectivity index (χ4v) is 8.89. The zero-order chi connectivity index (χ0) is 40.7. The van der Waals surface area contributed by atoms with Crippen LogP contribution in [-0.4, -0.2) is 79.1 Å². The summed E-state index contributed by atoms with van der Waals surface area (Å²) in [5, 5.41) is 31.7. The van der Waals surface area contributed by atoms with Gasteiger partial charge in [0.1, 0.15) is 17.5 Å². The van der Waals surface area contributed by atoms with Crippen LogP contribution in [-0.2, 0) is 33.9 Å². The molecule has 0 spiro atoms. The first kappa shape index (κ1) is 38.7. The Morgan fingerprint density at radius 3 is 2.50 bits per heavy atom. The van der Waals surface area contributed by atoms with Gasteiger partial charge in [0.15, 0.2) is 0 Å². The van der Waals surface area contributed by atoms with Gasteiger partial charge in [-0.3, -0.25) is 24.5 Å². The van der Waals surface area contributed by atoms with Crippen LogP contribution >= 0.6 is 0 Å². The number of carbonyl (C=O) groups is 5.